The Morgan fingerprint density at radius 3 is 2.29 bits per heavy atom. The van der Waals surface area contributed by atoms with E-state index in [1.54, 1.807) is 29.2 Å². The van der Waals surface area contributed by atoms with E-state index >= 15 is 0 Å². The Labute approximate surface area is 226 Å². The number of hydrogen-bond acceptors (Lipinski definition) is 6. The number of hydrogen-bond donors (Lipinski definition) is 1. The molecule has 38 heavy (non-hydrogen) atoms. The summed E-state index contributed by atoms with van der Waals surface area (Å²) in [5.74, 6) is -0.874. The van der Waals surface area contributed by atoms with E-state index in [9.17, 15) is 14.7 Å². The van der Waals surface area contributed by atoms with Crippen LogP contribution in [-0.2, 0) is 20.9 Å². The summed E-state index contributed by atoms with van der Waals surface area (Å²) in [6.07, 6.45) is 0. The molecule has 2 fully saturated rings. The monoisotopic (exact) mass is 532 g/mol. The second-order valence-corrected chi connectivity index (χ2v) is 9.73. The maximum absolute atomic E-state index is 13.3. The van der Waals surface area contributed by atoms with E-state index in [0.717, 1.165) is 18.7 Å². The maximum Gasteiger partial charge on any atom is 0.295 e. The Balaban J connectivity index is 1.44. The molecule has 2 saturated heterocycles. The van der Waals surface area contributed by atoms with E-state index in [0.29, 0.717) is 54.8 Å². The number of carbonyl (C=O) groups is 2. The Morgan fingerprint density at radius 2 is 1.61 bits per heavy atom. The number of nitrogens with zero attached hydrogens (tertiary/aromatic N) is 2. The number of aliphatic hydroxyl groups is 1. The van der Waals surface area contributed by atoms with Gasteiger partial charge in [-0.05, 0) is 47.5 Å². The van der Waals surface area contributed by atoms with E-state index < -0.39 is 17.7 Å². The molecule has 0 saturated carbocycles. The Morgan fingerprint density at radius 1 is 0.921 bits per heavy atom. The third-order valence-electron chi connectivity index (χ3n) is 6.86. The predicted molar refractivity (Wildman–Crippen MR) is 145 cm³/mol. The molecular formula is C30H29ClN2O5. The second kappa shape index (κ2) is 11.8. The molecule has 0 aromatic heterocycles. The van der Waals surface area contributed by atoms with Crippen LogP contribution in [0.3, 0.4) is 0 Å². The number of carbonyl (C=O) groups excluding carboxylic acids is 2. The van der Waals surface area contributed by atoms with Crippen LogP contribution >= 0.6 is 11.6 Å². The first-order valence-corrected chi connectivity index (χ1v) is 13.0. The number of rotatable bonds is 8. The molecule has 0 aliphatic carbocycles. The number of halogens is 1. The van der Waals surface area contributed by atoms with Gasteiger partial charge in [0.25, 0.3) is 11.7 Å². The highest BCUT2D eigenvalue weighted by atomic mass is 35.5. The van der Waals surface area contributed by atoms with Crippen molar-refractivity contribution in [2.75, 3.05) is 39.4 Å². The van der Waals surface area contributed by atoms with Crippen LogP contribution in [0.25, 0.3) is 5.76 Å². The van der Waals surface area contributed by atoms with Crippen LogP contribution < -0.4 is 4.74 Å². The van der Waals surface area contributed by atoms with Gasteiger partial charge < -0.3 is 19.5 Å². The molecule has 2 aliphatic rings. The van der Waals surface area contributed by atoms with Crippen LogP contribution in [0, 0.1) is 0 Å². The van der Waals surface area contributed by atoms with Gasteiger partial charge in [-0.3, -0.25) is 14.5 Å². The molecule has 196 valence electrons. The Hall–Kier alpha value is -3.65. The minimum Gasteiger partial charge on any atom is -0.507 e. The average molecular weight is 533 g/mol. The zero-order valence-electron chi connectivity index (χ0n) is 20.9. The first-order chi connectivity index (χ1) is 18.5. The maximum atomic E-state index is 13.3. The molecule has 0 unspecified atom stereocenters. The SMILES string of the molecule is O=C1C(=O)N(CCN2CCOCC2)[C@H](c2ccc(OCc3ccccc3)cc2)C1=C(O)c1ccc(Cl)cc1. The average Bonchev–Trinajstić information content (AvgIpc) is 3.21. The van der Waals surface area contributed by atoms with Crippen molar-refractivity contribution in [3.8, 4) is 5.75 Å². The van der Waals surface area contributed by atoms with E-state index in [-0.39, 0.29) is 11.3 Å². The van der Waals surface area contributed by atoms with Crippen molar-refractivity contribution >= 4 is 29.1 Å². The van der Waals surface area contributed by atoms with Gasteiger partial charge in [0, 0.05) is 36.8 Å². The van der Waals surface area contributed by atoms with Gasteiger partial charge in [-0.2, -0.15) is 0 Å². The number of morpholine rings is 1. The molecule has 2 aliphatic heterocycles. The van der Waals surface area contributed by atoms with Gasteiger partial charge in [0.1, 0.15) is 18.1 Å². The smallest absolute Gasteiger partial charge is 0.295 e. The molecular weight excluding hydrogens is 504 g/mol. The lowest BCUT2D eigenvalue weighted by Crippen LogP contribution is -2.42. The fourth-order valence-corrected chi connectivity index (χ4v) is 4.91. The molecule has 3 aromatic carbocycles. The lowest BCUT2D eigenvalue weighted by Gasteiger charge is -2.31. The molecule has 0 radical (unpaired) electrons. The van der Waals surface area contributed by atoms with Gasteiger partial charge in [0.05, 0.1) is 24.8 Å². The largest absolute Gasteiger partial charge is 0.507 e. The summed E-state index contributed by atoms with van der Waals surface area (Å²) in [7, 11) is 0. The summed E-state index contributed by atoms with van der Waals surface area (Å²) in [4.78, 5) is 30.3. The number of Topliss-reactive ketones (excluding diaryl/α,β-unsaturated/α-hetero) is 1. The molecule has 3 aromatic rings. The predicted octanol–water partition coefficient (Wildman–Crippen LogP) is 4.67. The molecule has 2 heterocycles. The van der Waals surface area contributed by atoms with Gasteiger partial charge in [0.2, 0.25) is 0 Å². The van der Waals surface area contributed by atoms with Gasteiger partial charge in [-0.1, -0.05) is 54.1 Å². The van der Waals surface area contributed by atoms with Gasteiger partial charge in [-0.25, -0.2) is 0 Å². The standard InChI is InChI=1S/C30H29ClN2O5/c31-24-10-6-23(7-11-24)28(34)26-27(33(30(36)29(26)35)15-14-32-16-18-37-19-17-32)22-8-12-25(13-9-22)38-20-21-4-2-1-3-5-21/h1-13,27,34H,14-20H2/t27-/m1/s1. The highest BCUT2D eigenvalue weighted by molar-refractivity contribution is 6.46. The highest BCUT2D eigenvalue weighted by Crippen LogP contribution is 2.40. The molecule has 1 atom stereocenters. The summed E-state index contributed by atoms with van der Waals surface area (Å²) < 4.78 is 11.3. The van der Waals surface area contributed by atoms with Gasteiger partial charge in [-0.15, -0.1) is 0 Å². The molecule has 5 rings (SSSR count). The van der Waals surface area contributed by atoms with Crippen molar-refractivity contribution in [1.29, 1.82) is 0 Å². The lowest BCUT2D eigenvalue weighted by atomic mass is 9.95. The zero-order valence-corrected chi connectivity index (χ0v) is 21.6. The normalized spacial score (nSPS) is 19.6. The van der Waals surface area contributed by atoms with Crippen LogP contribution in [0.15, 0.2) is 84.4 Å². The van der Waals surface area contributed by atoms with Crippen LogP contribution in [0.4, 0.5) is 0 Å². The number of amides is 1. The topological polar surface area (TPSA) is 79.3 Å². The summed E-state index contributed by atoms with van der Waals surface area (Å²) in [6.45, 7) is 4.20. The number of benzene rings is 3. The number of ether oxygens (including phenoxy) is 2. The third-order valence-corrected chi connectivity index (χ3v) is 7.11. The summed E-state index contributed by atoms with van der Waals surface area (Å²) in [5, 5.41) is 11.7. The van der Waals surface area contributed by atoms with E-state index in [1.165, 1.54) is 0 Å². The zero-order chi connectivity index (χ0) is 26.5. The van der Waals surface area contributed by atoms with Crippen LogP contribution in [0.5, 0.6) is 5.75 Å². The van der Waals surface area contributed by atoms with Crippen molar-refractivity contribution in [3.05, 3.63) is 106 Å². The Kier molecular flexibility index (Phi) is 8.08. The molecule has 1 N–H and O–H groups in total. The summed E-state index contributed by atoms with van der Waals surface area (Å²) in [5.41, 5.74) is 2.26. The quantitative estimate of drug-likeness (QED) is 0.258. The molecule has 1 amide bonds. The van der Waals surface area contributed by atoms with Crippen molar-refractivity contribution in [2.24, 2.45) is 0 Å². The van der Waals surface area contributed by atoms with E-state index in [2.05, 4.69) is 4.90 Å². The van der Waals surface area contributed by atoms with Crippen molar-refractivity contribution in [1.82, 2.24) is 9.80 Å². The minimum absolute atomic E-state index is 0.0669. The van der Waals surface area contributed by atoms with Gasteiger partial charge >= 0.3 is 0 Å². The van der Waals surface area contributed by atoms with Gasteiger partial charge in [0.15, 0.2) is 0 Å². The van der Waals surface area contributed by atoms with Crippen molar-refractivity contribution < 1.29 is 24.2 Å². The Bertz CT molecular complexity index is 1300. The van der Waals surface area contributed by atoms with Crippen molar-refractivity contribution in [2.45, 2.75) is 12.6 Å². The first kappa shape index (κ1) is 26.0. The fraction of sp³-hybridized carbons (Fsp3) is 0.267. The number of ketones is 1. The summed E-state index contributed by atoms with van der Waals surface area (Å²) >= 11 is 6.02. The number of likely N-dealkylation sites (tertiary alicyclic amines) is 1. The molecule has 0 spiro atoms. The molecule has 0 bridgehead atoms. The molecule has 7 nitrogen and oxygen atoms in total. The van der Waals surface area contributed by atoms with E-state index in [1.807, 2.05) is 54.6 Å². The van der Waals surface area contributed by atoms with E-state index in [4.69, 9.17) is 21.1 Å². The van der Waals surface area contributed by atoms with Crippen LogP contribution in [-0.4, -0.2) is 66.0 Å². The van der Waals surface area contributed by atoms with Crippen LogP contribution in [0.2, 0.25) is 5.02 Å². The van der Waals surface area contributed by atoms with Crippen molar-refractivity contribution in [3.63, 3.8) is 0 Å². The fourth-order valence-electron chi connectivity index (χ4n) is 4.78. The third kappa shape index (κ3) is 5.75. The number of aliphatic hydroxyl groups excluding tert-OH is 1. The lowest BCUT2D eigenvalue weighted by molar-refractivity contribution is -0.140. The molecule has 8 heteroatoms. The highest BCUT2D eigenvalue weighted by Gasteiger charge is 2.46. The second-order valence-electron chi connectivity index (χ2n) is 9.30. The first-order valence-electron chi connectivity index (χ1n) is 12.6. The summed E-state index contributed by atoms with van der Waals surface area (Å²) in [6, 6.07) is 23.0. The van der Waals surface area contributed by atoms with Crippen LogP contribution in [0.1, 0.15) is 22.7 Å². The minimum atomic E-state index is -0.727.